The standard InChI is InChI=1S/C20H20N2O4/c1-26-19-6-2-13(10-18(19)24)3-7-20(25)21-9-8-14-12-22-17-5-4-15(23)11-16(14)17/h2-7,10-12,22-24H,8-9H2,1H3,(H,21,25)/b7-3+. The van der Waals surface area contributed by atoms with Crippen molar-refractivity contribution in [3.8, 4) is 17.2 Å². The van der Waals surface area contributed by atoms with Crippen molar-refractivity contribution in [3.05, 3.63) is 59.8 Å². The fourth-order valence-electron chi connectivity index (χ4n) is 2.74. The number of methoxy groups -OCH3 is 1. The van der Waals surface area contributed by atoms with Crippen molar-refractivity contribution in [3.63, 3.8) is 0 Å². The third kappa shape index (κ3) is 3.97. The first-order chi connectivity index (χ1) is 12.6. The van der Waals surface area contributed by atoms with Gasteiger partial charge in [0.15, 0.2) is 11.5 Å². The number of hydrogen-bond acceptors (Lipinski definition) is 4. The van der Waals surface area contributed by atoms with E-state index in [0.717, 1.165) is 16.5 Å². The van der Waals surface area contributed by atoms with Gasteiger partial charge in [0.05, 0.1) is 7.11 Å². The van der Waals surface area contributed by atoms with E-state index in [0.29, 0.717) is 24.3 Å². The minimum atomic E-state index is -0.219. The zero-order valence-electron chi connectivity index (χ0n) is 14.3. The first-order valence-electron chi connectivity index (χ1n) is 8.18. The molecular weight excluding hydrogens is 332 g/mol. The molecule has 0 aliphatic rings. The van der Waals surface area contributed by atoms with Crippen molar-refractivity contribution in [2.45, 2.75) is 6.42 Å². The molecule has 0 saturated carbocycles. The Balaban J connectivity index is 1.55. The summed E-state index contributed by atoms with van der Waals surface area (Å²) in [6.07, 6.45) is 5.57. The van der Waals surface area contributed by atoms with Crippen molar-refractivity contribution in [1.82, 2.24) is 10.3 Å². The topological polar surface area (TPSA) is 94.6 Å². The number of fused-ring (bicyclic) bond motifs is 1. The summed E-state index contributed by atoms with van der Waals surface area (Å²) in [5.41, 5.74) is 2.68. The van der Waals surface area contributed by atoms with Crippen LogP contribution in [0.4, 0.5) is 0 Å². The predicted octanol–water partition coefficient (Wildman–Crippen LogP) is 2.96. The molecule has 0 atom stereocenters. The third-order valence-electron chi connectivity index (χ3n) is 4.07. The summed E-state index contributed by atoms with van der Waals surface area (Å²) in [5, 5.41) is 23.1. The third-order valence-corrected chi connectivity index (χ3v) is 4.07. The van der Waals surface area contributed by atoms with Gasteiger partial charge in [-0.05, 0) is 54.0 Å². The van der Waals surface area contributed by atoms with Gasteiger partial charge in [-0.3, -0.25) is 4.79 Å². The molecule has 3 rings (SSSR count). The molecule has 1 heterocycles. The summed E-state index contributed by atoms with van der Waals surface area (Å²) >= 11 is 0. The highest BCUT2D eigenvalue weighted by Gasteiger charge is 2.05. The second-order valence-corrected chi connectivity index (χ2v) is 5.85. The highest BCUT2D eigenvalue weighted by atomic mass is 16.5. The van der Waals surface area contributed by atoms with Crippen LogP contribution in [-0.4, -0.2) is 34.8 Å². The lowest BCUT2D eigenvalue weighted by molar-refractivity contribution is -0.116. The smallest absolute Gasteiger partial charge is 0.244 e. The van der Waals surface area contributed by atoms with Gasteiger partial charge in [-0.15, -0.1) is 0 Å². The van der Waals surface area contributed by atoms with Crippen molar-refractivity contribution in [2.75, 3.05) is 13.7 Å². The normalized spacial score (nSPS) is 11.1. The molecule has 0 spiro atoms. The molecule has 2 aromatic carbocycles. The summed E-state index contributed by atoms with van der Waals surface area (Å²) < 4.78 is 4.98. The molecule has 0 bridgehead atoms. The first-order valence-corrected chi connectivity index (χ1v) is 8.18. The van der Waals surface area contributed by atoms with Crippen molar-refractivity contribution < 1.29 is 19.7 Å². The quantitative estimate of drug-likeness (QED) is 0.513. The molecule has 6 heteroatoms. The number of benzene rings is 2. The average molecular weight is 352 g/mol. The Labute approximate surface area is 150 Å². The molecule has 0 aliphatic carbocycles. The highest BCUT2D eigenvalue weighted by molar-refractivity contribution is 5.92. The lowest BCUT2D eigenvalue weighted by Gasteiger charge is -2.04. The molecule has 0 radical (unpaired) electrons. The van der Waals surface area contributed by atoms with Crippen LogP contribution in [0.2, 0.25) is 0 Å². The number of ether oxygens (including phenoxy) is 1. The van der Waals surface area contributed by atoms with Gasteiger partial charge >= 0.3 is 0 Å². The molecule has 134 valence electrons. The van der Waals surface area contributed by atoms with E-state index in [9.17, 15) is 15.0 Å². The molecule has 0 aliphatic heterocycles. The van der Waals surface area contributed by atoms with E-state index in [-0.39, 0.29) is 17.4 Å². The van der Waals surface area contributed by atoms with Crippen LogP contribution < -0.4 is 10.1 Å². The number of aromatic hydroxyl groups is 2. The fourth-order valence-corrected chi connectivity index (χ4v) is 2.74. The predicted molar refractivity (Wildman–Crippen MR) is 100 cm³/mol. The lowest BCUT2D eigenvalue weighted by Crippen LogP contribution is -2.23. The molecule has 3 aromatic rings. The summed E-state index contributed by atoms with van der Waals surface area (Å²) in [6, 6.07) is 10.1. The second kappa shape index (κ2) is 7.65. The number of phenols is 2. The summed E-state index contributed by atoms with van der Waals surface area (Å²) in [7, 11) is 1.48. The number of hydrogen-bond donors (Lipinski definition) is 4. The van der Waals surface area contributed by atoms with Crippen molar-refractivity contribution in [2.24, 2.45) is 0 Å². The van der Waals surface area contributed by atoms with Crippen LogP contribution in [0.25, 0.3) is 17.0 Å². The molecule has 0 unspecified atom stereocenters. The van der Waals surface area contributed by atoms with Gasteiger partial charge in [0.1, 0.15) is 5.75 Å². The fraction of sp³-hybridized carbons (Fsp3) is 0.150. The minimum Gasteiger partial charge on any atom is -0.508 e. The molecule has 6 nitrogen and oxygen atoms in total. The molecular formula is C20H20N2O4. The number of phenolic OH excluding ortho intramolecular Hbond substituents is 2. The maximum atomic E-state index is 11.9. The van der Waals surface area contributed by atoms with Gasteiger partial charge in [0, 0.05) is 29.7 Å². The number of carbonyl (C=O) groups excluding carboxylic acids is 1. The lowest BCUT2D eigenvalue weighted by atomic mass is 10.1. The van der Waals surface area contributed by atoms with Crippen molar-refractivity contribution in [1.29, 1.82) is 0 Å². The second-order valence-electron chi connectivity index (χ2n) is 5.85. The van der Waals surface area contributed by atoms with Crippen LogP contribution in [0.5, 0.6) is 17.2 Å². The molecule has 1 amide bonds. The van der Waals surface area contributed by atoms with E-state index in [1.807, 2.05) is 12.3 Å². The van der Waals surface area contributed by atoms with E-state index in [2.05, 4.69) is 10.3 Å². The van der Waals surface area contributed by atoms with Gasteiger partial charge in [-0.2, -0.15) is 0 Å². The summed E-state index contributed by atoms with van der Waals surface area (Å²) in [5.74, 6) is 0.407. The van der Waals surface area contributed by atoms with Crippen LogP contribution in [0.15, 0.2) is 48.7 Å². The average Bonchev–Trinajstić information content (AvgIpc) is 3.02. The Bertz CT molecular complexity index is 960. The van der Waals surface area contributed by atoms with Crippen LogP contribution in [0, 0.1) is 0 Å². The molecule has 0 saturated heterocycles. The van der Waals surface area contributed by atoms with Gasteiger partial charge in [-0.1, -0.05) is 6.07 Å². The minimum absolute atomic E-state index is 0.0256. The molecule has 0 fully saturated rings. The zero-order valence-corrected chi connectivity index (χ0v) is 14.3. The van der Waals surface area contributed by atoms with Gasteiger partial charge < -0.3 is 25.3 Å². The first kappa shape index (κ1) is 17.4. The van der Waals surface area contributed by atoms with E-state index < -0.39 is 0 Å². The van der Waals surface area contributed by atoms with E-state index in [1.165, 1.54) is 19.3 Å². The maximum absolute atomic E-state index is 11.9. The Morgan fingerprint density at radius 2 is 2.08 bits per heavy atom. The van der Waals surface area contributed by atoms with Gasteiger partial charge in [-0.25, -0.2) is 0 Å². The number of amides is 1. The Hall–Kier alpha value is -3.41. The highest BCUT2D eigenvalue weighted by Crippen LogP contribution is 2.26. The van der Waals surface area contributed by atoms with Crippen LogP contribution in [0.3, 0.4) is 0 Å². The molecule has 4 N–H and O–H groups in total. The Morgan fingerprint density at radius 1 is 1.23 bits per heavy atom. The Morgan fingerprint density at radius 3 is 2.85 bits per heavy atom. The largest absolute Gasteiger partial charge is 0.508 e. The molecule has 1 aromatic heterocycles. The van der Waals surface area contributed by atoms with Crippen LogP contribution in [-0.2, 0) is 11.2 Å². The maximum Gasteiger partial charge on any atom is 0.244 e. The van der Waals surface area contributed by atoms with E-state index in [4.69, 9.17) is 4.74 Å². The number of carbonyl (C=O) groups is 1. The van der Waals surface area contributed by atoms with E-state index >= 15 is 0 Å². The summed E-state index contributed by atoms with van der Waals surface area (Å²) in [6.45, 7) is 0.472. The monoisotopic (exact) mass is 352 g/mol. The number of nitrogens with one attached hydrogen (secondary N) is 2. The van der Waals surface area contributed by atoms with Crippen molar-refractivity contribution >= 4 is 22.9 Å². The van der Waals surface area contributed by atoms with Gasteiger partial charge in [0.25, 0.3) is 0 Å². The number of aromatic amines is 1. The number of rotatable bonds is 6. The number of aromatic nitrogens is 1. The van der Waals surface area contributed by atoms with Crippen LogP contribution >= 0.6 is 0 Å². The number of H-pyrrole nitrogens is 1. The van der Waals surface area contributed by atoms with E-state index in [1.54, 1.807) is 30.3 Å². The van der Waals surface area contributed by atoms with Crippen LogP contribution in [0.1, 0.15) is 11.1 Å². The SMILES string of the molecule is COc1ccc(/C=C/C(=O)NCCc2c[nH]c3ccc(O)cc23)cc1O. The summed E-state index contributed by atoms with van der Waals surface area (Å²) in [4.78, 5) is 15.1. The molecule has 26 heavy (non-hydrogen) atoms. The Kier molecular flexibility index (Phi) is 5.12. The zero-order chi connectivity index (χ0) is 18.5. The van der Waals surface area contributed by atoms with Gasteiger partial charge in [0.2, 0.25) is 5.91 Å².